The van der Waals surface area contributed by atoms with Crippen molar-refractivity contribution >= 4 is 23.7 Å². The van der Waals surface area contributed by atoms with Crippen LogP contribution in [0.15, 0.2) is 0 Å². The molecule has 1 aliphatic heterocycles. The van der Waals surface area contributed by atoms with Crippen molar-refractivity contribution in [2.24, 2.45) is 0 Å². The first-order chi connectivity index (χ1) is 9.15. The van der Waals surface area contributed by atoms with Crippen molar-refractivity contribution in [2.75, 3.05) is 31.1 Å². The van der Waals surface area contributed by atoms with Gasteiger partial charge >= 0.3 is 6.03 Å². The van der Waals surface area contributed by atoms with Gasteiger partial charge in [0.15, 0.2) is 0 Å². The molecule has 6 heteroatoms. The van der Waals surface area contributed by atoms with Crippen molar-refractivity contribution in [3.8, 4) is 0 Å². The minimum absolute atomic E-state index is 0.00150. The lowest BCUT2D eigenvalue weighted by Gasteiger charge is -2.26. The van der Waals surface area contributed by atoms with Gasteiger partial charge in [-0.3, -0.25) is 4.79 Å². The molecule has 0 aromatic rings. The quantitative estimate of drug-likeness (QED) is 0.804. The third-order valence-electron chi connectivity index (χ3n) is 3.15. The fourth-order valence-corrected chi connectivity index (χ4v) is 2.97. The van der Waals surface area contributed by atoms with Gasteiger partial charge in [-0.2, -0.15) is 11.8 Å². The van der Waals surface area contributed by atoms with Gasteiger partial charge in [-0.05, 0) is 25.5 Å². The highest BCUT2D eigenvalue weighted by Crippen LogP contribution is 2.15. The van der Waals surface area contributed by atoms with Crippen molar-refractivity contribution in [1.82, 2.24) is 15.5 Å². The van der Waals surface area contributed by atoms with Crippen LogP contribution in [-0.4, -0.2) is 54.0 Å². The van der Waals surface area contributed by atoms with E-state index in [1.807, 2.05) is 23.6 Å². The Labute approximate surface area is 119 Å². The van der Waals surface area contributed by atoms with Crippen molar-refractivity contribution in [3.05, 3.63) is 0 Å². The molecule has 0 aromatic heterocycles. The van der Waals surface area contributed by atoms with Crippen LogP contribution >= 0.6 is 11.8 Å². The second-order valence-corrected chi connectivity index (χ2v) is 6.00. The van der Waals surface area contributed by atoms with E-state index in [1.165, 1.54) is 0 Å². The first kappa shape index (κ1) is 16.1. The van der Waals surface area contributed by atoms with Gasteiger partial charge in [0.1, 0.15) is 0 Å². The number of hydrogen-bond acceptors (Lipinski definition) is 3. The average molecular weight is 287 g/mol. The first-order valence-corrected chi connectivity index (χ1v) is 8.19. The van der Waals surface area contributed by atoms with E-state index >= 15 is 0 Å². The maximum Gasteiger partial charge on any atom is 0.317 e. The summed E-state index contributed by atoms with van der Waals surface area (Å²) in [6.07, 6.45) is 2.32. The van der Waals surface area contributed by atoms with Crippen LogP contribution in [0.1, 0.15) is 33.1 Å². The highest BCUT2D eigenvalue weighted by molar-refractivity contribution is 7.99. The number of hydrogen-bond donors (Lipinski definition) is 2. The molecule has 1 heterocycles. The summed E-state index contributed by atoms with van der Waals surface area (Å²) in [6, 6.07) is 0.238. The third-order valence-corrected chi connectivity index (χ3v) is 4.15. The van der Waals surface area contributed by atoms with Crippen molar-refractivity contribution < 1.29 is 9.59 Å². The lowest BCUT2D eigenvalue weighted by molar-refractivity contribution is -0.120. The summed E-state index contributed by atoms with van der Waals surface area (Å²) in [5.41, 5.74) is 0. The number of rotatable bonds is 5. The predicted octanol–water partition coefficient (Wildman–Crippen LogP) is 1.44. The Hall–Kier alpha value is -0.910. The summed E-state index contributed by atoms with van der Waals surface area (Å²) in [5, 5.41) is 5.63. The van der Waals surface area contributed by atoms with Crippen LogP contribution in [0, 0.1) is 0 Å². The maximum atomic E-state index is 12.0. The Morgan fingerprint density at radius 1 is 1.26 bits per heavy atom. The highest BCUT2D eigenvalue weighted by atomic mass is 32.2. The Balaban J connectivity index is 2.24. The Bertz CT molecular complexity index is 300. The normalized spacial score (nSPS) is 19.7. The molecular formula is C13H25N3O2S. The summed E-state index contributed by atoms with van der Waals surface area (Å²) in [5.74, 6) is 2.11. The summed E-state index contributed by atoms with van der Waals surface area (Å²) < 4.78 is 0. The van der Waals surface area contributed by atoms with E-state index in [9.17, 15) is 9.59 Å². The monoisotopic (exact) mass is 287 g/mol. The topological polar surface area (TPSA) is 61.4 Å². The first-order valence-electron chi connectivity index (χ1n) is 7.04. The number of carbonyl (C=O) groups is 2. The number of nitrogens with one attached hydrogen (secondary N) is 2. The molecule has 110 valence electrons. The van der Waals surface area contributed by atoms with Crippen LogP contribution in [0.3, 0.4) is 0 Å². The molecule has 5 nitrogen and oxygen atoms in total. The molecule has 2 N–H and O–H groups in total. The fraction of sp³-hybridized carbons (Fsp3) is 0.846. The van der Waals surface area contributed by atoms with Crippen LogP contribution in [0.2, 0.25) is 0 Å². The molecule has 1 aliphatic rings. The fourth-order valence-electron chi connectivity index (χ4n) is 1.93. The molecule has 3 amide bonds. The summed E-state index contributed by atoms with van der Waals surface area (Å²) in [6.45, 7) is 6.00. The highest BCUT2D eigenvalue weighted by Gasteiger charge is 2.21. The molecule has 0 spiro atoms. The lowest BCUT2D eigenvalue weighted by atomic mass is 10.2. The SMILES string of the molecule is CCCNC(=O)CCNC(=O)N1CCSCCC1C. The van der Waals surface area contributed by atoms with Gasteiger partial charge in [-0.1, -0.05) is 6.92 Å². The number of nitrogens with zero attached hydrogens (tertiary/aromatic N) is 1. The molecule has 1 atom stereocenters. The second-order valence-electron chi connectivity index (χ2n) is 4.78. The molecule has 1 saturated heterocycles. The number of urea groups is 1. The molecule has 0 saturated carbocycles. The molecular weight excluding hydrogens is 262 g/mol. The number of amides is 3. The zero-order chi connectivity index (χ0) is 14.1. The van der Waals surface area contributed by atoms with E-state index in [0.717, 1.165) is 30.9 Å². The third kappa shape index (κ3) is 6.18. The Morgan fingerprint density at radius 2 is 2.05 bits per heavy atom. The van der Waals surface area contributed by atoms with Crippen molar-refractivity contribution in [3.63, 3.8) is 0 Å². The van der Waals surface area contributed by atoms with Gasteiger partial charge in [0, 0.05) is 37.8 Å². The maximum absolute atomic E-state index is 12.0. The molecule has 19 heavy (non-hydrogen) atoms. The van der Waals surface area contributed by atoms with Crippen LogP contribution in [0.5, 0.6) is 0 Å². The van der Waals surface area contributed by atoms with E-state index in [-0.39, 0.29) is 18.0 Å². The molecule has 0 radical (unpaired) electrons. The Kier molecular flexibility index (Phi) is 7.70. The van der Waals surface area contributed by atoms with Crippen molar-refractivity contribution in [2.45, 2.75) is 39.2 Å². The summed E-state index contributed by atoms with van der Waals surface area (Å²) >= 11 is 1.89. The zero-order valence-corrected chi connectivity index (χ0v) is 12.7. The summed E-state index contributed by atoms with van der Waals surface area (Å²) in [7, 11) is 0. The molecule has 0 aliphatic carbocycles. The molecule has 1 fully saturated rings. The predicted molar refractivity (Wildman–Crippen MR) is 79.4 cm³/mol. The minimum Gasteiger partial charge on any atom is -0.356 e. The minimum atomic E-state index is -0.0432. The van der Waals surface area contributed by atoms with E-state index in [4.69, 9.17) is 0 Å². The van der Waals surface area contributed by atoms with E-state index in [1.54, 1.807) is 0 Å². The number of thioether (sulfide) groups is 1. The van der Waals surface area contributed by atoms with E-state index in [0.29, 0.717) is 19.5 Å². The largest absolute Gasteiger partial charge is 0.356 e. The van der Waals surface area contributed by atoms with Gasteiger partial charge < -0.3 is 15.5 Å². The lowest BCUT2D eigenvalue weighted by Crippen LogP contribution is -2.46. The molecule has 0 aromatic carbocycles. The van der Waals surface area contributed by atoms with Gasteiger partial charge in [-0.25, -0.2) is 4.79 Å². The molecule has 1 unspecified atom stereocenters. The van der Waals surface area contributed by atoms with Crippen molar-refractivity contribution in [1.29, 1.82) is 0 Å². The standard InChI is InChI=1S/C13H25N3O2S/c1-3-6-14-12(17)4-7-15-13(18)16-8-10-19-9-5-11(16)2/h11H,3-10H2,1-2H3,(H,14,17)(H,15,18). The zero-order valence-electron chi connectivity index (χ0n) is 11.9. The smallest absolute Gasteiger partial charge is 0.317 e. The van der Waals surface area contributed by atoms with Gasteiger partial charge in [-0.15, -0.1) is 0 Å². The van der Waals surface area contributed by atoms with Crippen LogP contribution in [0.25, 0.3) is 0 Å². The molecule has 1 rings (SSSR count). The van der Waals surface area contributed by atoms with Crippen LogP contribution in [-0.2, 0) is 4.79 Å². The van der Waals surface area contributed by atoms with E-state index in [2.05, 4.69) is 17.6 Å². The Morgan fingerprint density at radius 3 is 2.79 bits per heavy atom. The average Bonchev–Trinajstić information content (AvgIpc) is 2.61. The van der Waals surface area contributed by atoms with E-state index < -0.39 is 0 Å². The van der Waals surface area contributed by atoms with Gasteiger partial charge in [0.2, 0.25) is 5.91 Å². The number of carbonyl (C=O) groups excluding carboxylic acids is 2. The molecule has 0 bridgehead atoms. The van der Waals surface area contributed by atoms with Gasteiger partial charge in [0.05, 0.1) is 0 Å². The summed E-state index contributed by atoms with van der Waals surface area (Å²) in [4.78, 5) is 25.3. The van der Waals surface area contributed by atoms with Crippen LogP contribution in [0.4, 0.5) is 4.79 Å². The van der Waals surface area contributed by atoms with Crippen LogP contribution < -0.4 is 10.6 Å². The van der Waals surface area contributed by atoms with Gasteiger partial charge in [0.25, 0.3) is 0 Å². The second kappa shape index (κ2) is 9.07.